The van der Waals surface area contributed by atoms with Crippen molar-refractivity contribution in [3.63, 3.8) is 0 Å². The third-order valence-electron chi connectivity index (χ3n) is 6.46. The van der Waals surface area contributed by atoms with E-state index >= 15 is 0 Å². The molecule has 1 aromatic carbocycles. The summed E-state index contributed by atoms with van der Waals surface area (Å²) in [5, 5.41) is 12.6. The molecule has 1 fully saturated rings. The third-order valence-corrected chi connectivity index (χ3v) is 8.21. The second-order valence-corrected chi connectivity index (χ2v) is 10.9. The first-order chi connectivity index (χ1) is 16.9. The predicted octanol–water partition coefficient (Wildman–Crippen LogP) is 1.72. The monoisotopic (exact) mass is 496 g/mol. The minimum Gasteiger partial charge on any atom is -0.364 e. The molecule has 1 aliphatic rings. The Bertz CT molecular complexity index is 1250. The Morgan fingerprint density at radius 1 is 1.14 bits per heavy atom. The lowest BCUT2D eigenvalue weighted by molar-refractivity contribution is 0.289. The number of rotatable bonds is 10. The molecule has 3 aromatic rings. The molecule has 1 saturated heterocycles. The molecular weight excluding hydrogens is 464 g/mol. The molecule has 0 bridgehead atoms. The summed E-state index contributed by atoms with van der Waals surface area (Å²) < 4.78 is 32.4. The largest absolute Gasteiger partial charge is 0.364 e. The van der Waals surface area contributed by atoms with E-state index in [9.17, 15) is 13.7 Å². The summed E-state index contributed by atoms with van der Waals surface area (Å²) >= 11 is 0. The molecule has 1 aliphatic heterocycles. The molecule has 2 aromatic heterocycles. The van der Waals surface area contributed by atoms with Gasteiger partial charge in [-0.05, 0) is 56.1 Å². The van der Waals surface area contributed by atoms with Crippen LogP contribution in [-0.2, 0) is 30.7 Å². The maximum absolute atomic E-state index is 13.6. The van der Waals surface area contributed by atoms with E-state index in [1.54, 1.807) is 40.6 Å². The van der Waals surface area contributed by atoms with E-state index in [1.165, 1.54) is 6.33 Å². The summed E-state index contributed by atoms with van der Waals surface area (Å²) in [4.78, 5) is 10.5. The lowest BCUT2D eigenvalue weighted by Crippen LogP contribution is -2.43. The van der Waals surface area contributed by atoms with Crippen LogP contribution >= 0.6 is 0 Å². The first kappa shape index (κ1) is 24.9. The highest BCUT2D eigenvalue weighted by molar-refractivity contribution is 7.89. The molecule has 0 atom stereocenters. The smallest absolute Gasteiger partial charge is 0.262 e. The molecule has 11 heteroatoms. The van der Waals surface area contributed by atoms with Crippen LogP contribution in [0.3, 0.4) is 0 Å². The first-order valence-electron chi connectivity index (χ1n) is 11.8. The Hall–Kier alpha value is -3.20. The topological polar surface area (TPSA) is 112 Å². The van der Waals surface area contributed by atoms with E-state index in [1.807, 2.05) is 29.9 Å². The van der Waals surface area contributed by atoms with Gasteiger partial charge in [0.15, 0.2) is 5.03 Å². The van der Waals surface area contributed by atoms with Gasteiger partial charge >= 0.3 is 0 Å². The van der Waals surface area contributed by atoms with Crippen LogP contribution in [0.15, 0.2) is 54.3 Å². The average molecular weight is 497 g/mol. The molecule has 0 saturated carbocycles. The van der Waals surface area contributed by atoms with Crippen LogP contribution in [0.25, 0.3) is 0 Å². The number of nitriles is 1. The standard InChI is InChI=1S/C24H32N8O2S/c1-29-17-24(28-19-29)35(33,34)32(15-21-7-9-26-10-8-21)12-11-31(16-23-14-27-18-30(23)2)22-5-3-20(13-25)4-6-22/h3-6,14,17-19,21,26H,7-12,15-16H2,1-2H3. The SMILES string of the molecule is Cn1cnc(S(=O)(=O)N(CCN(Cc2cncn2C)c2ccc(C#N)cc2)CC2CCNCC2)c1. The number of nitrogens with one attached hydrogen (secondary N) is 1. The number of anilines is 1. The van der Waals surface area contributed by atoms with Crippen molar-refractivity contribution in [2.75, 3.05) is 37.6 Å². The summed E-state index contributed by atoms with van der Waals surface area (Å²) in [5.41, 5.74) is 2.51. The van der Waals surface area contributed by atoms with Gasteiger partial charge in [0.05, 0.1) is 36.5 Å². The quantitative estimate of drug-likeness (QED) is 0.455. The third kappa shape index (κ3) is 6.08. The van der Waals surface area contributed by atoms with Gasteiger partial charge in [0, 0.05) is 51.8 Å². The van der Waals surface area contributed by atoms with Crippen LogP contribution in [0, 0.1) is 17.2 Å². The molecular formula is C24H32N8O2S. The van der Waals surface area contributed by atoms with Gasteiger partial charge < -0.3 is 19.4 Å². The Morgan fingerprint density at radius 3 is 2.49 bits per heavy atom. The Kier molecular flexibility index (Phi) is 7.85. The lowest BCUT2D eigenvalue weighted by Gasteiger charge is -2.32. The van der Waals surface area contributed by atoms with E-state index in [2.05, 4.69) is 26.3 Å². The van der Waals surface area contributed by atoms with E-state index < -0.39 is 10.0 Å². The van der Waals surface area contributed by atoms with Gasteiger partial charge in [0.2, 0.25) is 0 Å². The van der Waals surface area contributed by atoms with E-state index in [-0.39, 0.29) is 5.03 Å². The van der Waals surface area contributed by atoms with Crippen LogP contribution in [0.4, 0.5) is 5.69 Å². The normalized spacial score (nSPS) is 14.8. The highest BCUT2D eigenvalue weighted by Crippen LogP contribution is 2.22. The van der Waals surface area contributed by atoms with Gasteiger partial charge in [-0.15, -0.1) is 0 Å². The summed E-state index contributed by atoms with van der Waals surface area (Å²) in [6, 6.07) is 9.52. The van der Waals surface area contributed by atoms with Crippen molar-refractivity contribution in [3.8, 4) is 6.07 Å². The molecule has 4 rings (SSSR count). The Labute approximate surface area is 206 Å². The van der Waals surface area contributed by atoms with E-state index in [4.69, 9.17) is 0 Å². The summed E-state index contributed by atoms with van der Waals surface area (Å²) in [6.07, 6.45) is 8.53. The molecule has 3 heterocycles. The van der Waals surface area contributed by atoms with Gasteiger partial charge in [-0.2, -0.15) is 9.57 Å². The summed E-state index contributed by atoms with van der Waals surface area (Å²) in [5.74, 6) is 0.301. The van der Waals surface area contributed by atoms with Gasteiger partial charge in [-0.25, -0.2) is 18.4 Å². The second kappa shape index (κ2) is 11.0. The molecule has 0 amide bonds. The number of aromatic nitrogens is 4. The van der Waals surface area contributed by atoms with E-state index in [0.29, 0.717) is 37.7 Å². The highest BCUT2D eigenvalue weighted by atomic mass is 32.2. The minimum atomic E-state index is -3.74. The van der Waals surface area contributed by atoms with Crippen molar-refractivity contribution in [2.45, 2.75) is 24.4 Å². The zero-order valence-corrected chi connectivity index (χ0v) is 21.0. The second-order valence-electron chi connectivity index (χ2n) is 9.01. The fourth-order valence-corrected chi connectivity index (χ4v) is 5.80. The number of hydrogen-bond acceptors (Lipinski definition) is 7. The molecule has 0 radical (unpaired) electrons. The molecule has 186 valence electrons. The van der Waals surface area contributed by atoms with Gasteiger partial charge in [0.1, 0.15) is 0 Å². The number of hydrogen-bond donors (Lipinski definition) is 1. The Balaban J connectivity index is 1.59. The van der Waals surface area contributed by atoms with E-state index in [0.717, 1.165) is 37.3 Å². The number of imidazole rings is 2. The first-order valence-corrected chi connectivity index (χ1v) is 13.2. The summed E-state index contributed by atoms with van der Waals surface area (Å²) in [7, 11) is -0.0383. The molecule has 0 aliphatic carbocycles. The average Bonchev–Trinajstić information content (AvgIpc) is 3.49. The number of sulfonamides is 1. The van der Waals surface area contributed by atoms with Crippen LogP contribution in [0.1, 0.15) is 24.1 Å². The van der Waals surface area contributed by atoms with Crippen molar-refractivity contribution in [2.24, 2.45) is 20.0 Å². The Morgan fingerprint density at radius 2 is 1.89 bits per heavy atom. The predicted molar refractivity (Wildman–Crippen MR) is 133 cm³/mol. The fourth-order valence-electron chi connectivity index (χ4n) is 4.33. The van der Waals surface area contributed by atoms with Gasteiger partial charge in [0.25, 0.3) is 10.0 Å². The maximum Gasteiger partial charge on any atom is 0.262 e. The number of benzene rings is 1. The zero-order valence-electron chi connectivity index (χ0n) is 20.2. The molecule has 0 spiro atoms. The van der Waals surface area contributed by atoms with Gasteiger partial charge in [-0.3, -0.25) is 0 Å². The highest BCUT2D eigenvalue weighted by Gasteiger charge is 2.30. The number of piperidine rings is 1. The van der Waals surface area contributed by atoms with Crippen LogP contribution in [-0.4, -0.2) is 64.5 Å². The molecule has 35 heavy (non-hydrogen) atoms. The lowest BCUT2D eigenvalue weighted by atomic mass is 9.98. The maximum atomic E-state index is 13.6. The number of nitrogens with zero attached hydrogens (tertiary/aromatic N) is 7. The van der Waals surface area contributed by atoms with Crippen molar-refractivity contribution >= 4 is 15.7 Å². The molecule has 10 nitrogen and oxygen atoms in total. The van der Waals surface area contributed by atoms with Crippen LogP contribution in [0.5, 0.6) is 0 Å². The summed E-state index contributed by atoms with van der Waals surface area (Å²) in [6.45, 7) is 3.63. The zero-order chi connectivity index (χ0) is 24.8. The molecule has 1 N–H and O–H groups in total. The fraction of sp³-hybridized carbons (Fsp3) is 0.458. The van der Waals surface area contributed by atoms with Crippen molar-refractivity contribution in [1.29, 1.82) is 5.26 Å². The van der Waals surface area contributed by atoms with Crippen molar-refractivity contribution in [1.82, 2.24) is 28.7 Å². The minimum absolute atomic E-state index is 0.0745. The number of aryl methyl sites for hydroxylation is 2. The van der Waals surface area contributed by atoms with Crippen molar-refractivity contribution < 1.29 is 8.42 Å². The van der Waals surface area contributed by atoms with Crippen LogP contribution < -0.4 is 10.2 Å². The van der Waals surface area contributed by atoms with Gasteiger partial charge in [-0.1, -0.05) is 0 Å². The van der Waals surface area contributed by atoms with Crippen molar-refractivity contribution in [3.05, 3.63) is 60.6 Å². The molecule has 0 unspecified atom stereocenters. The van der Waals surface area contributed by atoms with Crippen LogP contribution in [0.2, 0.25) is 0 Å².